The largest absolute Gasteiger partial charge is 0.507 e. The summed E-state index contributed by atoms with van der Waals surface area (Å²) in [7, 11) is 0. The number of amides is 3. The van der Waals surface area contributed by atoms with Gasteiger partial charge in [0.25, 0.3) is 5.91 Å². The fourth-order valence-corrected chi connectivity index (χ4v) is 2.70. The van der Waals surface area contributed by atoms with E-state index >= 15 is 0 Å². The maximum absolute atomic E-state index is 12.6. The summed E-state index contributed by atoms with van der Waals surface area (Å²) in [6.45, 7) is 1.70. The van der Waals surface area contributed by atoms with Crippen LogP contribution >= 0.6 is 0 Å². The van der Waals surface area contributed by atoms with Gasteiger partial charge in [-0.3, -0.25) is 4.79 Å². The molecule has 3 rings (SSSR count). The van der Waals surface area contributed by atoms with Crippen molar-refractivity contribution in [2.75, 3.05) is 0 Å². The molecule has 1 fully saturated rings. The number of carbonyl (C=O) groups is 2. The van der Waals surface area contributed by atoms with Gasteiger partial charge >= 0.3 is 6.03 Å². The third kappa shape index (κ3) is 3.52. The van der Waals surface area contributed by atoms with Crippen LogP contribution in [0.15, 0.2) is 59.7 Å². The number of nitrogens with one attached hydrogen (secondary N) is 1. The molecule has 1 aliphatic rings. The van der Waals surface area contributed by atoms with E-state index in [9.17, 15) is 14.7 Å². The van der Waals surface area contributed by atoms with Crippen LogP contribution in [0.25, 0.3) is 0 Å². The van der Waals surface area contributed by atoms with Crippen molar-refractivity contribution in [1.29, 1.82) is 0 Å². The topological polar surface area (TPSA) is 82.0 Å². The van der Waals surface area contributed by atoms with E-state index in [1.165, 1.54) is 12.3 Å². The predicted octanol–water partition coefficient (Wildman–Crippen LogP) is 2.67. The Hall–Kier alpha value is -3.15. The normalized spacial score (nSPS) is 20.3. The molecule has 1 atom stereocenters. The Kier molecular flexibility index (Phi) is 4.52. The van der Waals surface area contributed by atoms with Crippen LogP contribution in [0.2, 0.25) is 0 Å². The van der Waals surface area contributed by atoms with Gasteiger partial charge in [-0.15, -0.1) is 5.01 Å². The molecule has 0 bridgehead atoms. The fourth-order valence-electron chi connectivity index (χ4n) is 2.70. The van der Waals surface area contributed by atoms with Gasteiger partial charge in [-0.2, -0.15) is 5.10 Å². The fraction of sp³-hybridized carbons (Fsp3) is 0.211. The van der Waals surface area contributed by atoms with Crippen LogP contribution in [0.3, 0.4) is 0 Å². The van der Waals surface area contributed by atoms with Crippen LogP contribution in [0, 0.1) is 0 Å². The maximum atomic E-state index is 12.6. The molecular formula is C19H19N3O3. The summed E-state index contributed by atoms with van der Waals surface area (Å²) in [6.07, 6.45) is 2.44. The first-order valence-corrected chi connectivity index (χ1v) is 8.02. The van der Waals surface area contributed by atoms with E-state index in [0.717, 1.165) is 10.6 Å². The highest BCUT2D eigenvalue weighted by atomic mass is 16.3. The molecule has 0 aromatic heterocycles. The van der Waals surface area contributed by atoms with Crippen molar-refractivity contribution in [2.24, 2.45) is 5.10 Å². The van der Waals surface area contributed by atoms with Gasteiger partial charge in [-0.05, 0) is 37.5 Å². The lowest BCUT2D eigenvalue weighted by atomic mass is 9.93. The summed E-state index contributed by atoms with van der Waals surface area (Å²) in [4.78, 5) is 24.8. The van der Waals surface area contributed by atoms with Crippen molar-refractivity contribution in [3.8, 4) is 5.75 Å². The van der Waals surface area contributed by atoms with Gasteiger partial charge in [-0.25, -0.2) is 4.79 Å². The molecule has 1 heterocycles. The molecule has 6 heteroatoms. The molecule has 1 aliphatic heterocycles. The summed E-state index contributed by atoms with van der Waals surface area (Å²) < 4.78 is 0. The SMILES string of the molecule is C[C@@]1(CCc2ccccc2)NC(=O)N(/N=C/c2ccccc2O)C1=O. The van der Waals surface area contributed by atoms with E-state index in [1.54, 1.807) is 25.1 Å². The molecule has 6 nitrogen and oxygen atoms in total. The third-order valence-electron chi connectivity index (χ3n) is 4.25. The van der Waals surface area contributed by atoms with Crippen LogP contribution in [0.1, 0.15) is 24.5 Å². The molecule has 25 heavy (non-hydrogen) atoms. The summed E-state index contributed by atoms with van der Waals surface area (Å²) in [5.41, 5.74) is 0.533. The summed E-state index contributed by atoms with van der Waals surface area (Å²) in [5, 5.41) is 17.2. The van der Waals surface area contributed by atoms with Crippen molar-refractivity contribution in [3.63, 3.8) is 0 Å². The van der Waals surface area contributed by atoms with E-state index in [-0.39, 0.29) is 5.75 Å². The van der Waals surface area contributed by atoms with E-state index in [0.29, 0.717) is 18.4 Å². The Bertz CT molecular complexity index is 820. The number of phenolic OH excluding ortho intramolecular Hbond substituents is 1. The number of para-hydroxylation sites is 1. The molecule has 0 radical (unpaired) electrons. The van der Waals surface area contributed by atoms with Crippen molar-refractivity contribution in [1.82, 2.24) is 10.3 Å². The van der Waals surface area contributed by atoms with Crippen LogP contribution in [0.4, 0.5) is 4.79 Å². The predicted molar refractivity (Wildman–Crippen MR) is 94.2 cm³/mol. The van der Waals surface area contributed by atoms with Gasteiger partial charge in [0.1, 0.15) is 11.3 Å². The second-order valence-electron chi connectivity index (χ2n) is 6.17. The molecule has 1 saturated heterocycles. The molecular weight excluding hydrogens is 318 g/mol. The number of carbonyl (C=O) groups excluding carboxylic acids is 2. The molecule has 2 N–H and O–H groups in total. The van der Waals surface area contributed by atoms with Gasteiger partial charge in [0.15, 0.2) is 0 Å². The Morgan fingerprint density at radius 1 is 1.12 bits per heavy atom. The van der Waals surface area contributed by atoms with Gasteiger partial charge in [0.05, 0.1) is 6.21 Å². The number of urea groups is 1. The number of rotatable bonds is 5. The minimum Gasteiger partial charge on any atom is -0.507 e. The minimum atomic E-state index is -0.997. The van der Waals surface area contributed by atoms with Crippen molar-refractivity contribution >= 4 is 18.2 Å². The van der Waals surface area contributed by atoms with Crippen molar-refractivity contribution < 1.29 is 14.7 Å². The molecule has 0 aliphatic carbocycles. The van der Waals surface area contributed by atoms with Crippen molar-refractivity contribution in [3.05, 3.63) is 65.7 Å². The van der Waals surface area contributed by atoms with Crippen LogP contribution in [0.5, 0.6) is 5.75 Å². The van der Waals surface area contributed by atoms with Crippen molar-refractivity contribution in [2.45, 2.75) is 25.3 Å². The number of aryl methyl sites for hydroxylation is 1. The number of nitrogens with zero attached hydrogens (tertiary/aromatic N) is 2. The second kappa shape index (κ2) is 6.76. The third-order valence-corrected chi connectivity index (χ3v) is 4.25. The quantitative estimate of drug-likeness (QED) is 0.650. The average molecular weight is 337 g/mol. The van der Waals surface area contributed by atoms with E-state index in [2.05, 4.69) is 10.4 Å². The minimum absolute atomic E-state index is 0.0325. The van der Waals surface area contributed by atoms with E-state index < -0.39 is 17.5 Å². The number of aromatic hydroxyl groups is 1. The van der Waals surface area contributed by atoms with Gasteiger partial charge in [0.2, 0.25) is 0 Å². The molecule has 2 aromatic rings. The zero-order valence-electron chi connectivity index (χ0n) is 13.8. The molecule has 0 spiro atoms. The van der Waals surface area contributed by atoms with Gasteiger partial charge < -0.3 is 10.4 Å². The first kappa shape index (κ1) is 16.7. The van der Waals surface area contributed by atoms with Crippen LogP contribution < -0.4 is 5.32 Å². The first-order valence-electron chi connectivity index (χ1n) is 8.02. The lowest BCUT2D eigenvalue weighted by molar-refractivity contribution is -0.130. The number of imide groups is 1. The molecule has 3 amide bonds. The summed E-state index contributed by atoms with van der Waals surface area (Å²) >= 11 is 0. The van der Waals surface area contributed by atoms with E-state index in [4.69, 9.17) is 0 Å². The zero-order chi connectivity index (χ0) is 17.9. The Morgan fingerprint density at radius 3 is 2.52 bits per heavy atom. The number of phenols is 1. The highest BCUT2D eigenvalue weighted by molar-refractivity contribution is 6.07. The Morgan fingerprint density at radius 2 is 1.80 bits per heavy atom. The number of hydrogen-bond acceptors (Lipinski definition) is 4. The lowest BCUT2D eigenvalue weighted by Gasteiger charge is -2.20. The van der Waals surface area contributed by atoms with Crippen LogP contribution in [-0.2, 0) is 11.2 Å². The molecule has 0 saturated carbocycles. The Balaban J connectivity index is 1.72. The standard InChI is InChI=1S/C19H19N3O3/c1-19(12-11-14-7-3-2-4-8-14)17(24)22(18(25)21-19)20-13-15-9-5-6-10-16(15)23/h2-10,13,23H,11-12H2,1H3,(H,21,25)/b20-13+/t19-/m0/s1. The monoisotopic (exact) mass is 337 g/mol. The number of hydrogen-bond donors (Lipinski definition) is 2. The summed E-state index contributed by atoms with van der Waals surface area (Å²) in [6, 6.07) is 15.8. The van der Waals surface area contributed by atoms with Crippen LogP contribution in [-0.4, -0.2) is 33.8 Å². The average Bonchev–Trinajstić information content (AvgIpc) is 2.83. The second-order valence-corrected chi connectivity index (χ2v) is 6.17. The highest BCUT2D eigenvalue weighted by Crippen LogP contribution is 2.24. The zero-order valence-corrected chi connectivity index (χ0v) is 13.8. The summed E-state index contributed by atoms with van der Waals surface area (Å²) in [5.74, 6) is -0.370. The first-order chi connectivity index (χ1) is 12.0. The maximum Gasteiger partial charge on any atom is 0.346 e. The lowest BCUT2D eigenvalue weighted by Crippen LogP contribution is -2.44. The molecule has 0 unspecified atom stereocenters. The van der Waals surface area contributed by atoms with Gasteiger partial charge in [-0.1, -0.05) is 42.5 Å². The van der Waals surface area contributed by atoms with E-state index in [1.807, 2.05) is 30.3 Å². The number of benzene rings is 2. The molecule has 128 valence electrons. The smallest absolute Gasteiger partial charge is 0.346 e. The highest BCUT2D eigenvalue weighted by Gasteiger charge is 2.47. The molecule has 2 aromatic carbocycles. The number of hydrazone groups is 1. The Labute approximate surface area is 145 Å². The van der Waals surface area contributed by atoms with Gasteiger partial charge in [0, 0.05) is 5.56 Å².